The minimum absolute atomic E-state index is 0.00769. The number of hydrogen-bond donors (Lipinski definition) is 2. The zero-order valence-electron chi connectivity index (χ0n) is 15.4. The molecule has 0 aromatic heterocycles. The van der Waals surface area contributed by atoms with Gasteiger partial charge in [0.15, 0.2) is 0 Å². The quantitative estimate of drug-likeness (QED) is 0.463. The van der Waals surface area contributed by atoms with Gasteiger partial charge in [-0.1, -0.05) is 37.3 Å². The summed E-state index contributed by atoms with van der Waals surface area (Å²) < 4.78 is 0. The maximum absolute atomic E-state index is 12.8. The zero-order chi connectivity index (χ0) is 20.0. The van der Waals surface area contributed by atoms with E-state index in [1.807, 2.05) is 32.0 Å². The lowest BCUT2D eigenvalue weighted by atomic mass is 10.1. The molecule has 0 aliphatic carbocycles. The van der Waals surface area contributed by atoms with E-state index in [4.69, 9.17) is 0 Å². The topological polar surface area (TPSA) is 101 Å². The Morgan fingerprint density at radius 3 is 2.52 bits per heavy atom. The van der Waals surface area contributed by atoms with Crippen molar-refractivity contribution in [2.24, 2.45) is 0 Å². The van der Waals surface area contributed by atoms with E-state index in [9.17, 15) is 19.7 Å². The Morgan fingerprint density at radius 2 is 1.89 bits per heavy atom. The molecule has 0 saturated heterocycles. The normalized spacial score (nSPS) is 11.0. The monoisotopic (exact) mass is 367 g/mol. The molecule has 0 aliphatic rings. The van der Waals surface area contributed by atoms with Gasteiger partial charge in [-0.15, -0.1) is 0 Å². The van der Waals surface area contributed by atoms with E-state index in [0.29, 0.717) is 11.3 Å². The third-order valence-electron chi connectivity index (χ3n) is 3.93. The predicted molar refractivity (Wildman–Crippen MR) is 104 cm³/mol. The van der Waals surface area contributed by atoms with Gasteiger partial charge in [-0.2, -0.15) is 0 Å². The van der Waals surface area contributed by atoms with Crippen molar-refractivity contribution in [1.29, 1.82) is 0 Å². The van der Waals surface area contributed by atoms with Gasteiger partial charge >= 0.3 is 0 Å². The second-order valence-electron chi connectivity index (χ2n) is 6.01. The van der Waals surface area contributed by atoms with Crippen molar-refractivity contribution in [3.8, 4) is 0 Å². The van der Waals surface area contributed by atoms with Gasteiger partial charge in [0.05, 0.1) is 4.92 Å². The first-order valence-electron chi connectivity index (χ1n) is 8.45. The van der Waals surface area contributed by atoms with Crippen molar-refractivity contribution in [3.63, 3.8) is 0 Å². The summed E-state index contributed by atoms with van der Waals surface area (Å²) in [5.41, 5.74) is 2.91. The van der Waals surface area contributed by atoms with Crippen LogP contribution in [-0.4, -0.2) is 16.7 Å². The smallest absolute Gasteiger partial charge is 0.272 e. The first-order valence-corrected chi connectivity index (χ1v) is 8.45. The average molecular weight is 367 g/mol. The lowest BCUT2D eigenvalue weighted by Gasteiger charge is -2.15. The predicted octanol–water partition coefficient (Wildman–Crippen LogP) is 3.58. The van der Waals surface area contributed by atoms with Crippen molar-refractivity contribution in [1.82, 2.24) is 5.32 Å². The van der Waals surface area contributed by atoms with Crippen molar-refractivity contribution in [2.45, 2.75) is 27.2 Å². The van der Waals surface area contributed by atoms with Gasteiger partial charge in [-0.3, -0.25) is 19.7 Å². The largest absolute Gasteiger partial charge is 0.322 e. The lowest BCUT2D eigenvalue weighted by Crippen LogP contribution is -2.29. The third-order valence-corrected chi connectivity index (χ3v) is 3.93. The molecule has 7 heteroatoms. The van der Waals surface area contributed by atoms with Crippen LogP contribution in [0.1, 0.15) is 30.5 Å². The summed E-state index contributed by atoms with van der Waals surface area (Å²) in [5, 5.41) is 16.3. The maximum Gasteiger partial charge on any atom is 0.272 e. The average Bonchev–Trinajstić information content (AvgIpc) is 2.62. The van der Waals surface area contributed by atoms with Gasteiger partial charge in [0.2, 0.25) is 5.91 Å². The van der Waals surface area contributed by atoms with Crippen molar-refractivity contribution in [2.75, 3.05) is 5.32 Å². The number of nitro benzene ring substituents is 1. The van der Waals surface area contributed by atoms with Gasteiger partial charge < -0.3 is 10.6 Å². The van der Waals surface area contributed by atoms with Crippen molar-refractivity contribution >= 4 is 29.3 Å². The van der Waals surface area contributed by atoms with Gasteiger partial charge in [0, 0.05) is 24.7 Å². The summed E-state index contributed by atoms with van der Waals surface area (Å²) >= 11 is 0. The van der Waals surface area contributed by atoms with Crippen LogP contribution in [0.15, 0.2) is 48.2 Å². The molecule has 140 valence electrons. The van der Waals surface area contributed by atoms with E-state index in [1.54, 1.807) is 6.07 Å². The number of carbonyl (C=O) groups excluding carboxylic acids is 2. The van der Waals surface area contributed by atoms with Crippen LogP contribution in [0.25, 0.3) is 6.08 Å². The minimum atomic E-state index is -0.518. The molecule has 2 rings (SSSR count). The highest BCUT2D eigenvalue weighted by Crippen LogP contribution is 2.22. The number of nitrogens with one attached hydrogen (secondary N) is 2. The van der Waals surface area contributed by atoms with E-state index in [1.165, 1.54) is 31.2 Å². The lowest BCUT2D eigenvalue weighted by molar-refractivity contribution is -0.384. The fourth-order valence-electron chi connectivity index (χ4n) is 2.63. The Kier molecular flexibility index (Phi) is 6.43. The molecule has 0 aliphatic heterocycles. The maximum atomic E-state index is 12.8. The number of nitro groups is 1. The molecule has 27 heavy (non-hydrogen) atoms. The van der Waals surface area contributed by atoms with Crippen LogP contribution in [0.4, 0.5) is 11.4 Å². The number of aryl methyl sites for hydroxylation is 2. The number of nitrogens with zero attached hydrogens (tertiary/aromatic N) is 1. The Morgan fingerprint density at radius 1 is 1.19 bits per heavy atom. The highest BCUT2D eigenvalue weighted by atomic mass is 16.6. The summed E-state index contributed by atoms with van der Waals surface area (Å²) in [6.45, 7) is 5.16. The molecular formula is C20H21N3O4. The Hall–Kier alpha value is -3.48. The van der Waals surface area contributed by atoms with Gasteiger partial charge in [0.25, 0.3) is 11.6 Å². The number of anilines is 1. The molecular weight excluding hydrogens is 346 g/mol. The van der Waals surface area contributed by atoms with E-state index in [-0.39, 0.29) is 11.4 Å². The number of non-ortho nitro benzene ring substituents is 1. The molecule has 0 bridgehead atoms. The highest BCUT2D eigenvalue weighted by molar-refractivity contribution is 6.09. The number of carbonyl (C=O) groups is 2. The molecule has 0 spiro atoms. The standard InChI is InChI=1S/C20H21N3O4/c1-4-16-9-5-7-13(2)19(16)22-20(25)18(21-14(3)24)12-15-8-6-10-17(11-15)23(26)27/h5-12H,4H2,1-3H3,(H,21,24)(H,22,25)/b18-12-. The molecule has 7 nitrogen and oxygen atoms in total. The second kappa shape index (κ2) is 8.75. The molecule has 2 aromatic carbocycles. The van der Waals surface area contributed by atoms with E-state index in [0.717, 1.165) is 17.5 Å². The molecule has 0 unspecified atom stereocenters. The summed E-state index contributed by atoms with van der Waals surface area (Å²) in [7, 11) is 0. The SMILES string of the molecule is CCc1cccc(C)c1NC(=O)/C(=C/c1cccc([N+](=O)[O-])c1)NC(C)=O. The van der Waals surface area contributed by atoms with Crippen molar-refractivity contribution in [3.05, 3.63) is 75.0 Å². The number of rotatable bonds is 6. The fraction of sp³-hybridized carbons (Fsp3) is 0.200. The Balaban J connectivity index is 2.39. The van der Waals surface area contributed by atoms with Gasteiger partial charge in [-0.05, 0) is 36.1 Å². The Labute approximate surface area is 157 Å². The zero-order valence-corrected chi connectivity index (χ0v) is 15.4. The van der Waals surface area contributed by atoms with Crippen LogP contribution in [0.5, 0.6) is 0 Å². The summed E-state index contributed by atoms with van der Waals surface area (Å²) in [5.74, 6) is -0.914. The molecule has 0 heterocycles. The first kappa shape index (κ1) is 19.8. The van der Waals surface area contributed by atoms with Gasteiger partial charge in [0.1, 0.15) is 5.70 Å². The van der Waals surface area contributed by atoms with Crippen molar-refractivity contribution < 1.29 is 14.5 Å². The molecule has 0 fully saturated rings. The summed E-state index contributed by atoms with van der Waals surface area (Å²) in [6.07, 6.45) is 2.15. The van der Waals surface area contributed by atoms with Gasteiger partial charge in [-0.25, -0.2) is 0 Å². The number of para-hydroxylation sites is 1. The summed E-state index contributed by atoms with van der Waals surface area (Å²) in [6, 6.07) is 11.5. The molecule has 2 N–H and O–H groups in total. The summed E-state index contributed by atoms with van der Waals surface area (Å²) in [4.78, 5) is 34.7. The minimum Gasteiger partial charge on any atom is -0.322 e. The molecule has 0 saturated carbocycles. The van der Waals surface area contributed by atoms with Crippen LogP contribution in [0.2, 0.25) is 0 Å². The second-order valence-corrected chi connectivity index (χ2v) is 6.01. The molecule has 0 atom stereocenters. The van der Waals surface area contributed by atoms with Crippen LogP contribution in [0.3, 0.4) is 0 Å². The highest BCUT2D eigenvalue weighted by Gasteiger charge is 2.15. The molecule has 2 aromatic rings. The number of hydrogen-bond acceptors (Lipinski definition) is 4. The number of benzene rings is 2. The Bertz CT molecular complexity index is 919. The van der Waals surface area contributed by atoms with Crippen LogP contribution in [0, 0.1) is 17.0 Å². The van der Waals surface area contributed by atoms with Crippen LogP contribution < -0.4 is 10.6 Å². The number of amides is 2. The third kappa shape index (κ3) is 5.24. The van der Waals surface area contributed by atoms with E-state index < -0.39 is 16.7 Å². The van der Waals surface area contributed by atoms with E-state index in [2.05, 4.69) is 10.6 Å². The first-order chi connectivity index (χ1) is 12.8. The van der Waals surface area contributed by atoms with E-state index >= 15 is 0 Å². The fourth-order valence-corrected chi connectivity index (χ4v) is 2.63. The van der Waals surface area contributed by atoms with Crippen LogP contribution >= 0.6 is 0 Å². The molecule has 2 amide bonds. The molecule has 0 radical (unpaired) electrons. The van der Waals surface area contributed by atoms with Crippen LogP contribution in [-0.2, 0) is 16.0 Å².